The number of alkyl halides is 1. The zero-order valence-corrected chi connectivity index (χ0v) is 17.8. The van der Waals surface area contributed by atoms with E-state index >= 15 is 0 Å². The van der Waals surface area contributed by atoms with Crippen LogP contribution >= 0.6 is 11.6 Å². The van der Waals surface area contributed by atoms with Crippen molar-refractivity contribution in [1.82, 2.24) is 9.80 Å². The van der Waals surface area contributed by atoms with Crippen LogP contribution in [0.4, 0.5) is 0 Å². The van der Waals surface area contributed by atoms with Crippen LogP contribution < -0.4 is 0 Å². The third kappa shape index (κ3) is 5.86. The Morgan fingerprint density at radius 1 is 1.07 bits per heavy atom. The van der Waals surface area contributed by atoms with Crippen LogP contribution in [0.1, 0.15) is 39.0 Å². The Kier molecular flexibility index (Phi) is 7.69. The van der Waals surface area contributed by atoms with Crippen LogP contribution in [0.25, 0.3) is 0 Å². The second-order valence-electron chi connectivity index (χ2n) is 7.86. The molecule has 0 atom stereocenters. The molecule has 28 heavy (non-hydrogen) atoms. The standard InChI is InChI=1S/C22H29ClN2O3/c1-17(2)25(21(27)22(3,4)16-23)15-20(26)24(14-19-11-8-12-28-19)13-18-9-6-5-7-10-18/h5-12,17H,13-16H2,1-4H3. The number of carbonyl (C=O) groups is 2. The highest BCUT2D eigenvalue weighted by molar-refractivity contribution is 6.19. The van der Waals surface area contributed by atoms with Crippen LogP contribution in [0.2, 0.25) is 0 Å². The Balaban J connectivity index is 2.20. The third-order valence-corrected chi connectivity index (χ3v) is 5.27. The Hall–Kier alpha value is -2.27. The van der Waals surface area contributed by atoms with Gasteiger partial charge in [-0.15, -0.1) is 11.6 Å². The topological polar surface area (TPSA) is 53.8 Å². The molecular formula is C22H29ClN2O3. The normalized spacial score (nSPS) is 11.5. The summed E-state index contributed by atoms with van der Waals surface area (Å²) in [5, 5.41) is 0. The number of nitrogens with zero attached hydrogens (tertiary/aromatic N) is 2. The average Bonchev–Trinajstić information content (AvgIpc) is 3.18. The molecule has 0 unspecified atom stereocenters. The van der Waals surface area contributed by atoms with Gasteiger partial charge in [-0.25, -0.2) is 0 Å². The van der Waals surface area contributed by atoms with Gasteiger partial charge in [0.25, 0.3) is 0 Å². The highest BCUT2D eigenvalue weighted by atomic mass is 35.5. The molecule has 152 valence electrons. The molecule has 1 heterocycles. The summed E-state index contributed by atoms with van der Waals surface area (Å²) in [4.78, 5) is 29.4. The fourth-order valence-electron chi connectivity index (χ4n) is 2.81. The first-order valence-corrected chi connectivity index (χ1v) is 9.99. The second-order valence-corrected chi connectivity index (χ2v) is 8.13. The summed E-state index contributed by atoms with van der Waals surface area (Å²) in [5.41, 5.74) is 0.295. The monoisotopic (exact) mass is 404 g/mol. The summed E-state index contributed by atoms with van der Waals surface area (Å²) in [6.45, 7) is 8.20. The lowest BCUT2D eigenvalue weighted by atomic mass is 9.93. The lowest BCUT2D eigenvalue weighted by molar-refractivity contribution is -0.147. The van der Waals surface area contributed by atoms with Gasteiger partial charge in [-0.2, -0.15) is 0 Å². The summed E-state index contributed by atoms with van der Waals surface area (Å²) in [6.07, 6.45) is 1.59. The van der Waals surface area contributed by atoms with Gasteiger partial charge in [-0.05, 0) is 45.4 Å². The largest absolute Gasteiger partial charge is 0.467 e. The molecule has 2 rings (SSSR count). The van der Waals surface area contributed by atoms with Crippen molar-refractivity contribution in [2.75, 3.05) is 12.4 Å². The Bertz CT molecular complexity index is 757. The number of furan rings is 1. The Labute approximate surface area is 172 Å². The Morgan fingerprint density at radius 2 is 1.75 bits per heavy atom. The number of carbonyl (C=O) groups excluding carboxylic acids is 2. The van der Waals surface area contributed by atoms with Crippen molar-refractivity contribution in [3.05, 3.63) is 60.1 Å². The molecular weight excluding hydrogens is 376 g/mol. The van der Waals surface area contributed by atoms with Gasteiger partial charge in [-0.3, -0.25) is 9.59 Å². The van der Waals surface area contributed by atoms with E-state index < -0.39 is 5.41 Å². The van der Waals surface area contributed by atoms with E-state index in [4.69, 9.17) is 16.0 Å². The Morgan fingerprint density at radius 3 is 2.29 bits per heavy atom. The highest BCUT2D eigenvalue weighted by Gasteiger charge is 2.34. The van der Waals surface area contributed by atoms with E-state index in [1.165, 1.54) is 0 Å². The van der Waals surface area contributed by atoms with Crippen molar-refractivity contribution in [1.29, 1.82) is 0 Å². The highest BCUT2D eigenvalue weighted by Crippen LogP contribution is 2.22. The van der Waals surface area contributed by atoms with Crippen molar-refractivity contribution in [2.45, 2.75) is 46.8 Å². The summed E-state index contributed by atoms with van der Waals surface area (Å²) in [6, 6.07) is 13.3. The van der Waals surface area contributed by atoms with Crippen molar-refractivity contribution >= 4 is 23.4 Å². The maximum Gasteiger partial charge on any atom is 0.242 e. The van der Waals surface area contributed by atoms with Gasteiger partial charge in [-0.1, -0.05) is 30.3 Å². The minimum Gasteiger partial charge on any atom is -0.467 e. The van der Waals surface area contributed by atoms with Crippen LogP contribution in [-0.2, 0) is 22.7 Å². The predicted octanol–water partition coefficient (Wildman–Crippen LogP) is 4.31. The minimum atomic E-state index is -0.725. The number of hydrogen-bond donors (Lipinski definition) is 0. The van der Waals surface area contributed by atoms with E-state index in [0.717, 1.165) is 5.56 Å². The molecule has 0 spiro atoms. The first-order chi connectivity index (χ1) is 13.2. The summed E-state index contributed by atoms with van der Waals surface area (Å²) in [7, 11) is 0. The summed E-state index contributed by atoms with van der Waals surface area (Å²) in [5.74, 6) is 0.646. The molecule has 0 radical (unpaired) electrons. The molecule has 0 saturated carbocycles. The quantitative estimate of drug-likeness (QED) is 0.585. The molecule has 5 nitrogen and oxygen atoms in total. The maximum absolute atomic E-state index is 13.2. The number of amides is 2. The second kappa shape index (κ2) is 9.78. The molecule has 0 aliphatic rings. The van der Waals surface area contributed by atoms with E-state index in [1.54, 1.807) is 36.0 Å². The first kappa shape index (κ1) is 22.0. The van der Waals surface area contributed by atoms with Crippen molar-refractivity contribution in [3.63, 3.8) is 0 Å². The van der Waals surface area contributed by atoms with E-state index in [0.29, 0.717) is 18.8 Å². The van der Waals surface area contributed by atoms with E-state index in [9.17, 15) is 9.59 Å². The number of rotatable bonds is 9. The van der Waals surface area contributed by atoms with Gasteiger partial charge in [0.2, 0.25) is 11.8 Å². The number of halogens is 1. The molecule has 1 aromatic heterocycles. The molecule has 0 fully saturated rings. The van der Waals surface area contributed by atoms with E-state index in [1.807, 2.05) is 50.2 Å². The van der Waals surface area contributed by atoms with Crippen molar-refractivity contribution in [3.8, 4) is 0 Å². The lowest BCUT2D eigenvalue weighted by Crippen LogP contribution is -2.50. The van der Waals surface area contributed by atoms with Crippen LogP contribution in [-0.4, -0.2) is 40.1 Å². The summed E-state index contributed by atoms with van der Waals surface area (Å²) < 4.78 is 5.43. The van der Waals surface area contributed by atoms with Crippen LogP contribution in [0.15, 0.2) is 53.1 Å². The van der Waals surface area contributed by atoms with Crippen LogP contribution in [0.3, 0.4) is 0 Å². The molecule has 0 saturated heterocycles. The molecule has 0 bridgehead atoms. The zero-order chi connectivity index (χ0) is 20.7. The summed E-state index contributed by atoms with van der Waals surface area (Å²) >= 11 is 5.98. The predicted molar refractivity (Wildman–Crippen MR) is 111 cm³/mol. The van der Waals surface area contributed by atoms with Gasteiger partial charge >= 0.3 is 0 Å². The van der Waals surface area contributed by atoms with Gasteiger partial charge in [0, 0.05) is 18.5 Å². The molecule has 0 aliphatic heterocycles. The van der Waals surface area contributed by atoms with Crippen LogP contribution in [0, 0.1) is 5.41 Å². The lowest BCUT2D eigenvalue weighted by Gasteiger charge is -2.34. The van der Waals surface area contributed by atoms with Crippen molar-refractivity contribution in [2.24, 2.45) is 5.41 Å². The molecule has 1 aromatic carbocycles. The fraction of sp³-hybridized carbons (Fsp3) is 0.455. The molecule has 6 heteroatoms. The van der Waals surface area contributed by atoms with Crippen molar-refractivity contribution < 1.29 is 14.0 Å². The average molecular weight is 405 g/mol. The van der Waals surface area contributed by atoms with Gasteiger partial charge in [0.15, 0.2) is 0 Å². The van der Waals surface area contributed by atoms with Crippen LogP contribution in [0.5, 0.6) is 0 Å². The molecule has 0 N–H and O–H groups in total. The first-order valence-electron chi connectivity index (χ1n) is 9.45. The number of hydrogen-bond acceptors (Lipinski definition) is 3. The third-order valence-electron chi connectivity index (χ3n) is 4.60. The molecule has 0 aliphatic carbocycles. The van der Waals surface area contributed by atoms with Gasteiger partial charge in [0.05, 0.1) is 18.2 Å². The molecule has 2 amide bonds. The fourth-order valence-corrected chi connectivity index (χ4v) is 2.92. The zero-order valence-electron chi connectivity index (χ0n) is 17.0. The maximum atomic E-state index is 13.2. The smallest absolute Gasteiger partial charge is 0.242 e. The van der Waals surface area contributed by atoms with Gasteiger partial charge < -0.3 is 14.2 Å². The van der Waals surface area contributed by atoms with E-state index in [2.05, 4.69) is 0 Å². The minimum absolute atomic E-state index is 0.00433. The van der Waals surface area contributed by atoms with E-state index in [-0.39, 0.29) is 30.3 Å². The SMILES string of the molecule is CC(C)N(CC(=O)N(Cc1ccccc1)Cc1ccco1)C(=O)C(C)(C)CCl. The van der Waals surface area contributed by atoms with Gasteiger partial charge in [0.1, 0.15) is 12.3 Å². The molecule has 2 aromatic rings. The number of benzene rings is 1.